The Hall–Kier alpha value is -3.65. The van der Waals surface area contributed by atoms with Gasteiger partial charge in [-0.1, -0.05) is 12.1 Å². The smallest absolute Gasteiger partial charge is 0.167 e. The number of benzene rings is 2. The number of phenolic OH excluding ortho intramolecular Hbond substituents is 1. The molecule has 152 valence electrons. The van der Waals surface area contributed by atoms with Crippen molar-refractivity contribution in [3.05, 3.63) is 59.9 Å². The number of aromatic nitrogens is 2. The number of methoxy groups -OCH3 is 2. The fourth-order valence-corrected chi connectivity index (χ4v) is 4.38. The van der Waals surface area contributed by atoms with Crippen molar-refractivity contribution in [1.82, 2.24) is 9.97 Å². The van der Waals surface area contributed by atoms with Crippen LogP contribution in [0.2, 0.25) is 0 Å². The molecular weight excluding hydrogens is 400 g/mol. The number of aryl methyl sites for hydroxylation is 1. The molecule has 2 heterocycles. The molecule has 4 rings (SSSR count). The van der Waals surface area contributed by atoms with E-state index in [0.717, 1.165) is 37.5 Å². The van der Waals surface area contributed by atoms with Gasteiger partial charge >= 0.3 is 0 Å². The summed E-state index contributed by atoms with van der Waals surface area (Å²) in [7, 11) is 3.17. The first-order chi connectivity index (χ1) is 14.6. The van der Waals surface area contributed by atoms with Crippen LogP contribution in [0, 0.1) is 6.92 Å². The number of anilines is 1. The van der Waals surface area contributed by atoms with Crippen LogP contribution in [-0.2, 0) is 0 Å². The average molecular weight is 420 g/mol. The number of nitrogens with one attached hydrogen (secondary N) is 1. The van der Waals surface area contributed by atoms with Crippen LogP contribution < -0.4 is 14.9 Å². The fourth-order valence-electron chi connectivity index (χ4n) is 3.15. The number of hydrogen-bond donors (Lipinski definition) is 2. The maximum absolute atomic E-state index is 9.90. The lowest BCUT2D eigenvalue weighted by molar-refractivity contribution is 0.373. The maximum Gasteiger partial charge on any atom is 0.167 e. The third kappa shape index (κ3) is 3.65. The zero-order chi connectivity index (χ0) is 21.1. The molecule has 0 unspecified atom stereocenters. The number of ether oxygens (including phenoxy) is 2. The van der Waals surface area contributed by atoms with Gasteiger partial charge in [0.05, 0.1) is 30.7 Å². The minimum absolute atomic E-state index is 0.0567. The molecule has 2 aromatic carbocycles. The van der Waals surface area contributed by atoms with Gasteiger partial charge in [0.15, 0.2) is 17.3 Å². The van der Waals surface area contributed by atoms with Crippen molar-refractivity contribution in [3.63, 3.8) is 0 Å². The Morgan fingerprint density at radius 1 is 1.07 bits per heavy atom. The van der Waals surface area contributed by atoms with E-state index < -0.39 is 0 Å². The Morgan fingerprint density at radius 3 is 2.63 bits per heavy atom. The molecule has 0 atom stereocenters. The molecule has 0 aliphatic carbocycles. The molecule has 0 bridgehead atoms. The highest BCUT2D eigenvalue weighted by atomic mass is 32.1. The number of phenols is 1. The number of para-hydroxylation sites is 1. The largest absolute Gasteiger partial charge is 0.504 e. The van der Waals surface area contributed by atoms with Crippen LogP contribution in [0.5, 0.6) is 17.2 Å². The topological polar surface area (TPSA) is 88.9 Å². The summed E-state index contributed by atoms with van der Waals surface area (Å²) in [5.74, 6) is 1.90. The van der Waals surface area contributed by atoms with Crippen LogP contribution in [-0.4, -0.2) is 35.5 Å². The van der Waals surface area contributed by atoms with E-state index in [0.29, 0.717) is 11.6 Å². The van der Waals surface area contributed by atoms with Crippen molar-refractivity contribution in [2.45, 2.75) is 6.92 Å². The summed E-state index contributed by atoms with van der Waals surface area (Å²) < 4.78 is 11.5. The Balaban J connectivity index is 1.66. The lowest BCUT2D eigenvalue weighted by Crippen LogP contribution is -1.95. The van der Waals surface area contributed by atoms with E-state index in [2.05, 4.69) is 20.5 Å². The van der Waals surface area contributed by atoms with Gasteiger partial charge in [-0.3, -0.25) is 5.43 Å². The summed E-state index contributed by atoms with van der Waals surface area (Å²) in [4.78, 5) is 9.89. The molecule has 7 nitrogen and oxygen atoms in total. The average Bonchev–Trinajstić information content (AvgIpc) is 3.11. The van der Waals surface area contributed by atoms with Gasteiger partial charge in [-0.05, 0) is 48.4 Å². The summed E-state index contributed by atoms with van der Waals surface area (Å²) in [5.41, 5.74) is 6.67. The summed E-state index contributed by atoms with van der Waals surface area (Å²) in [5, 5.41) is 14.2. The zero-order valence-electron chi connectivity index (χ0n) is 16.7. The van der Waals surface area contributed by atoms with Crippen molar-refractivity contribution in [1.29, 1.82) is 0 Å². The van der Waals surface area contributed by atoms with Crippen LogP contribution >= 0.6 is 11.3 Å². The molecule has 8 heteroatoms. The molecule has 2 N–H and O–H groups in total. The van der Waals surface area contributed by atoms with Gasteiger partial charge in [0.25, 0.3) is 0 Å². The Morgan fingerprint density at radius 2 is 1.87 bits per heavy atom. The van der Waals surface area contributed by atoms with E-state index in [1.165, 1.54) is 13.4 Å². The highest BCUT2D eigenvalue weighted by Gasteiger charge is 2.17. The summed E-state index contributed by atoms with van der Waals surface area (Å²) >= 11 is 1.59. The molecule has 0 aliphatic rings. The van der Waals surface area contributed by atoms with Crippen molar-refractivity contribution in [3.8, 4) is 27.7 Å². The number of nitrogens with zero attached hydrogens (tertiary/aromatic N) is 3. The molecule has 0 aliphatic heterocycles. The molecule has 30 heavy (non-hydrogen) atoms. The molecule has 4 aromatic rings. The predicted octanol–water partition coefficient (Wildman–Crippen LogP) is 4.84. The third-order valence-electron chi connectivity index (χ3n) is 4.64. The summed E-state index contributed by atoms with van der Waals surface area (Å²) in [6.45, 7) is 2.04. The second-order valence-electron chi connectivity index (χ2n) is 6.46. The lowest BCUT2D eigenvalue weighted by atomic mass is 10.1. The molecule has 0 saturated carbocycles. The third-order valence-corrected chi connectivity index (χ3v) is 5.96. The van der Waals surface area contributed by atoms with Crippen LogP contribution in [0.3, 0.4) is 0 Å². The van der Waals surface area contributed by atoms with Gasteiger partial charge in [0.2, 0.25) is 0 Å². The van der Waals surface area contributed by atoms with Crippen LogP contribution in [0.4, 0.5) is 5.82 Å². The minimum atomic E-state index is 0.0567. The van der Waals surface area contributed by atoms with Gasteiger partial charge in [-0.2, -0.15) is 5.10 Å². The SMILES string of the molecule is COc1ccc(/C=N/Nc2ncnc3c(C)c(-c4ccccc4OC)sc23)cc1O. The number of rotatable bonds is 6. The van der Waals surface area contributed by atoms with E-state index in [-0.39, 0.29) is 5.75 Å². The molecule has 0 spiro atoms. The van der Waals surface area contributed by atoms with Crippen LogP contribution in [0.1, 0.15) is 11.1 Å². The number of hydrogen-bond acceptors (Lipinski definition) is 8. The number of aromatic hydroxyl groups is 1. The predicted molar refractivity (Wildman–Crippen MR) is 120 cm³/mol. The van der Waals surface area contributed by atoms with Gasteiger partial charge in [0, 0.05) is 10.4 Å². The standard InChI is InChI=1S/C22H20N4O3S/c1-13-19-21(30-20(13)15-6-4-5-7-17(15)28-2)22(24-12-23-19)26-25-11-14-8-9-18(29-3)16(27)10-14/h4-12,27H,1-3H3,(H,23,24,26)/b25-11+. The Bertz CT molecular complexity index is 1240. The molecule has 0 saturated heterocycles. The van der Waals surface area contributed by atoms with E-state index >= 15 is 0 Å². The van der Waals surface area contributed by atoms with Gasteiger partial charge < -0.3 is 14.6 Å². The van der Waals surface area contributed by atoms with E-state index in [1.807, 2.05) is 31.2 Å². The van der Waals surface area contributed by atoms with Crippen LogP contribution in [0.25, 0.3) is 20.7 Å². The number of hydrazone groups is 1. The summed E-state index contributed by atoms with van der Waals surface area (Å²) in [6.07, 6.45) is 3.12. The van der Waals surface area contributed by atoms with Crippen molar-refractivity contribution in [2.24, 2.45) is 5.10 Å². The first kappa shape index (κ1) is 19.7. The Kier molecular flexibility index (Phi) is 5.49. The lowest BCUT2D eigenvalue weighted by Gasteiger charge is -2.06. The molecular formula is C22H20N4O3S. The number of thiophene rings is 1. The van der Waals surface area contributed by atoms with Crippen LogP contribution in [0.15, 0.2) is 53.9 Å². The highest BCUT2D eigenvalue weighted by molar-refractivity contribution is 7.23. The molecule has 0 amide bonds. The quantitative estimate of drug-likeness (QED) is 0.343. The zero-order valence-corrected chi connectivity index (χ0v) is 17.5. The second kappa shape index (κ2) is 8.38. The van der Waals surface area contributed by atoms with E-state index in [1.54, 1.807) is 42.9 Å². The van der Waals surface area contributed by atoms with Crippen molar-refractivity contribution < 1.29 is 14.6 Å². The van der Waals surface area contributed by atoms with Crippen molar-refractivity contribution >= 4 is 33.6 Å². The molecule has 0 fully saturated rings. The van der Waals surface area contributed by atoms with Gasteiger partial charge in [-0.15, -0.1) is 11.3 Å². The molecule has 2 aromatic heterocycles. The van der Waals surface area contributed by atoms with Crippen molar-refractivity contribution in [2.75, 3.05) is 19.6 Å². The van der Waals surface area contributed by atoms with E-state index in [4.69, 9.17) is 9.47 Å². The molecule has 0 radical (unpaired) electrons. The highest BCUT2D eigenvalue weighted by Crippen LogP contribution is 2.42. The maximum atomic E-state index is 9.90. The van der Waals surface area contributed by atoms with E-state index in [9.17, 15) is 5.11 Å². The number of fused-ring (bicyclic) bond motifs is 1. The normalized spacial score (nSPS) is 11.2. The summed E-state index contributed by atoms with van der Waals surface area (Å²) in [6, 6.07) is 13.0. The fraction of sp³-hybridized carbons (Fsp3) is 0.136. The monoisotopic (exact) mass is 420 g/mol. The Labute approximate surface area is 177 Å². The second-order valence-corrected chi connectivity index (χ2v) is 7.48. The minimum Gasteiger partial charge on any atom is -0.504 e. The van der Waals surface area contributed by atoms with Gasteiger partial charge in [-0.25, -0.2) is 9.97 Å². The van der Waals surface area contributed by atoms with Gasteiger partial charge in [0.1, 0.15) is 12.1 Å². The first-order valence-electron chi connectivity index (χ1n) is 9.16. The first-order valence-corrected chi connectivity index (χ1v) is 9.97.